The molecule has 120 valence electrons. The van der Waals surface area contributed by atoms with Gasteiger partial charge in [0.2, 0.25) is 10.0 Å². The van der Waals surface area contributed by atoms with Crippen molar-refractivity contribution in [1.82, 2.24) is 4.72 Å². The summed E-state index contributed by atoms with van der Waals surface area (Å²) in [6.07, 6.45) is -0.253. The second-order valence-electron chi connectivity index (χ2n) is 4.37. The fourth-order valence-corrected chi connectivity index (χ4v) is 2.86. The lowest BCUT2D eigenvalue weighted by molar-refractivity contribution is 0.122. The van der Waals surface area contributed by atoms with E-state index in [-0.39, 0.29) is 29.9 Å². The average Bonchev–Trinajstić information content (AvgIpc) is 2.50. The van der Waals surface area contributed by atoms with Gasteiger partial charge in [-0.15, -0.1) is 0 Å². The Morgan fingerprint density at radius 2 is 1.90 bits per heavy atom. The SMILES string of the molecule is COc1cc(S(=O)(=O)NCC(C)OC)cc(CO)c1OC. The molecule has 0 aliphatic rings. The van der Waals surface area contributed by atoms with Gasteiger partial charge in [0.25, 0.3) is 0 Å². The molecule has 0 spiro atoms. The van der Waals surface area contributed by atoms with Crippen molar-refractivity contribution >= 4 is 10.0 Å². The number of rotatable bonds is 8. The van der Waals surface area contributed by atoms with E-state index in [1.807, 2.05) is 0 Å². The lowest BCUT2D eigenvalue weighted by Gasteiger charge is -2.15. The van der Waals surface area contributed by atoms with Crippen LogP contribution < -0.4 is 14.2 Å². The highest BCUT2D eigenvalue weighted by Gasteiger charge is 2.20. The number of aliphatic hydroxyl groups excluding tert-OH is 1. The van der Waals surface area contributed by atoms with Gasteiger partial charge in [0, 0.05) is 25.3 Å². The van der Waals surface area contributed by atoms with Crippen LogP contribution in [0.5, 0.6) is 11.5 Å². The molecule has 0 amide bonds. The first kappa shape index (κ1) is 17.7. The van der Waals surface area contributed by atoms with E-state index >= 15 is 0 Å². The summed E-state index contributed by atoms with van der Waals surface area (Å²) in [5, 5.41) is 9.35. The van der Waals surface area contributed by atoms with Gasteiger partial charge in [-0.2, -0.15) is 0 Å². The van der Waals surface area contributed by atoms with Crippen LogP contribution >= 0.6 is 0 Å². The Bertz CT molecular complexity index is 547. The Morgan fingerprint density at radius 3 is 2.38 bits per heavy atom. The first-order valence-electron chi connectivity index (χ1n) is 6.27. The smallest absolute Gasteiger partial charge is 0.240 e. The standard InChI is InChI=1S/C13H21NO6S/c1-9(18-2)7-14-21(16,17)11-5-10(8-15)13(20-4)12(6-11)19-3/h5-6,9,14-15H,7-8H2,1-4H3. The first-order chi connectivity index (χ1) is 9.89. The van der Waals surface area contributed by atoms with Gasteiger partial charge in [-0.05, 0) is 13.0 Å². The molecule has 21 heavy (non-hydrogen) atoms. The van der Waals surface area contributed by atoms with E-state index in [1.165, 1.54) is 33.5 Å². The molecular weight excluding hydrogens is 298 g/mol. The van der Waals surface area contributed by atoms with Gasteiger partial charge >= 0.3 is 0 Å². The Hall–Kier alpha value is -1.35. The predicted octanol–water partition coefficient (Wildman–Crippen LogP) is 0.509. The third-order valence-electron chi connectivity index (χ3n) is 2.97. The molecule has 0 bridgehead atoms. The Balaban J connectivity index is 3.17. The Morgan fingerprint density at radius 1 is 1.24 bits per heavy atom. The second-order valence-corrected chi connectivity index (χ2v) is 6.14. The number of ether oxygens (including phenoxy) is 3. The number of sulfonamides is 1. The van der Waals surface area contributed by atoms with Crippen LogP contribution in [0.25, 0.3) is 0 Å². The van der Waals surface area contributed by atoms with Crippen molar-refractivity contribution < 1.29 is 27.7 Å². The molecule has 1 atom stereocenters. The normalized spacial score (nSPS) is 13.0. The van der Waals surface area contributed by atoms with E-state index < -0.39 is 10.0 Å². The van der Waals surface area contributed by atoms with Crippen molar-refractivity contribution in [2.24, 2.45) is 0 Å². The topological polar surface area (TPSA) is 94.1 Å². The lowest BCUT2D eigenvalue weighted by atomic mass is 10.2. The van der Waals surface area contributed by atoms with Gasteiger partial charge < -0.3 is 19.3 Å². The highest BCUT2D eigenvalue weighted by Crippen LogP contribution is 2.34. The molecule has 0 heterocycles. The number of hydrogen-bond donors (Lipinski definition) is 2. The molecule has 1 aromatic rings. The van der Waals surface area contributed by atoms with Crippen LogP contribution in [0.15, 0.2) is 17.0 Å². The van der Waals surface area contributed by atoms with E-state index in [2.05, 4.69) is 4.72 Å². The van der Waals surface area contributed by atoms with Crippen molar-refractivity contribution in [3.8, 4) is 11.5 Å². The molecule has 0 fully saturated rings. The number of methoxy groups -OCH3 is 3. The molecule has 1 aromatic carbocycles. The molecule has 7 nitrogen and oxygen atoms in total. The maximum absolute atomic E-state index is 12.2. The fraction of sp³-hybridized carbons (Fsp3) is 0.538. The third kappa shape index (κ3) is 4.31. The minimum atomic E-state index is -3.73. The van der Waals surface area contributed by atoms with Crippen LogP contribution in [-0.2, 0) is 21.4 Å². The van der Waals surface area contributed by atoms with Crippen LogP contribution in [0, 0.1) is 0 Å². The maximum Gasteiger partial charge on any atom is 0.240 e. The fourth-order valence-electron chi connectivity index (χ4n) is 1.68. The van der Waals surface area contributed by atoms with Crippen LogP contribution in [-0.4, -0.2) is 47.5 Å². The summed E-state index contributed by atoms with van der Waals surface area (Å²) >= 11 is 0. The zero-order chi connectivity index (χ0) is 16.0. The molecule has 0 saturated heterocycles. The monoisotopic (exact) mass is 319 g/mol. The molecule has 0 saturated carbocycles. The van der Waals surface area contributed by atoms with E-state index in [0.29, 0.717) is 11.3 Å². The van der Waals surface area contributed by atoms with Crippen LogP contribution in [0.4, 0.5) is 0 Å². The summed E-state index contributed by atoms with van der Waals surface area (Å²) < 4.78 is 42.1. The van der Waals surface area contributed by atoms with Crippen LogP contribution in [0.2, 0.25) is 0 Å². The van der Waals surface area contributed by atoms with Gasteiger partial charge in [-0.3, -0.25) is 0 Å². The molecule has 0 aromatic heterocycles. The van der Waals surface area contributed by atoms with Crippen molar-refractivity contribution in [2.75, 3.05) is 27.9 Å². The molecule has 0 aliphatic carbocycles. The van der Waals surface area contributed by atoms with E-state index in [9.17, 15) is 13.5 Å². The van der Waals surface area contributed by atoms with Gasteiger partial charge in [0.1, 0.15) is 0 Å². The number of aliphatic hydroxyl groups is 1. The van der Waals surface area contributed by atoms with Crippen LogP contribution in [0.3, 0.4) is 0 Å². The molecule has 1 unspecified atom stereocenters. The number of hydrogen-bond acceptors (Lipinski definition) is 6. The quantitative estimate of drug-likeness (QED) is 0.725. The Kier molecular flexibility index (Phi) is 6.41. The number of nitrogens with one attached hydrogen (secondary N) is 1. The highest BCUT2D eigenvalue weighted by molar-refractivity contribution is 7.89. The average molecular weight is 319 g/mol. The molecule has 8 heteroatoms. The summed E-state index contributed by atoms with van der Waals surface area (Å²) in [6.45, 7) is 1.52. The number of benzene rings is 1. The van der Waals surface area contributed by atoms with E-state index in [0.717, 1.165) is 0 Å². The van der Waals surface area contributed by atoms with Gasteiger partial charge in [-0.25, -0.2) is 13.1 Å². The summed E-state index contributed by atoms with van der Waals surface area (Å²) in [4.78, 5) is -0.00694. The first-order valence-corrected chi connectivity index (χ1v) is 7.76. The summed E-state index contributed by atoms with van der Waals surface area (Å²) in [5.74, 6) is 0.549. The molecule has 1 rings (SSSR count). The Labute approximate surface area is 124 Å². The van der Waals surface area contributed by atoms with E-state index in [4.69, 9.17) is 14.2 Å². The minimum absolute atomic E-state index is 0.00694. The van der Waals surface area contributed by atoms with Crippen molar-refractivity contribution in [2.45, 2.75) is 24.5 Å². The van der Waals surface area contributed by atoms with Crippen LogP contribution in [0.1, 0.15) is 12.5 Å². The lowest BCUT2D eigenvalue weighted by Crippen LogP contribution is -2.31. The third-order valence-corrected chi connectivity index (χ3v) is 4.38. The summed E-state index contributed by atoms with van der Waals surface area (Å²) in [5.41, 5.74) is 0.331. The van der Waals surface area contributed by atoms with Gasteiger partial charge in [0.15, 0.2) is 11.5 Å². The summed E-state index contributed by atoms with van der Waals surface area (Å²) in [7, 11) is 0.586. The zero-order valence-corrected chi connectivity index (χ0v) is 13.4. The van der Waals surface area contributed by atoms with Gasteiger partial charge in [0.05, 0.1) is 31.8 Å². The van der Waals surface area contributed by atoms with Crippen molar-refractivity contribution in [3.05, 3.63) is 17.7 Å². The molecular formula is C13H21NO6S. The largest absolute Gasteiger partial charge is 0.493 e. The highest BCUT2D eigenvalue weighted by atomic mass is 32.2. The van der Waals surface area contributed by atoms with Crippen molar-refractivity contribution in [1.29, 1.82) is 0 Å². The van der Waals surface area contributed by atoms with E-state index in [1.54, 1.807) is 6.92 Å². The van der Waals surface area contributed by atoms with Gasteiger partial charge in [-0.1, -0.05) is 0 Å². The molecule has 0 aliphatic heterocycles. The second kappa shape index (κ2) is 7.60. The zero-order valence-electron chi connectivity index (χ0n) is 12.5. The van der Waals surface area contributed by atoms with Crippen molar-refractivity contribution in [3.63, 3.8) is 0 Å². The summed E-state index contributed by atoms with van der Waals surface area (Å²) in [6, 6.07) is 2.69. The molecule has 2 N–H and O–H groups in total. The predicted molar refractivity (Wildman–Crippen MR) is 77.1 cm³/mol. The minimum Gasteiger partial charge on any atom is -0.493 e. The maximum atomic E-state index is 12.2. The molecule has 0 radical (unpaired) electrons.